The SMILES string of the molecule is [2H]c1c([2H])c([2H])c2c(c1[2H])c1ccc(Oc3[c-]c(-n4[c-][n+](-c5c(-c6ccccc6)cccc5-c5cc(C(C)(C)C)cc(C(C)(C)C)c5)c5ccccc54)ccc3)[c-]c1n2-c1cc(C(C)C(C)(C)C)ccn1.[Pt]. The number of hydrogen-bond donors (Lipinski definition) is 0. The molecule has 3 aromatic heterocycles. The Morgan fingerprint density at radius 2 is 1.29 bits per heavy atom. The molecule has 0 fully saturated rings. The minimum absolute atomic E-state index is 0. The number of imidazole rings is 1. The number of pyridine rings is 1. The van der Waals surface area contributed by atoms with Crippen LogP contribution in [0.25, 0.3) is 72.3 Å². The number of aromatic nitrogens is 4. The third kappa shape index (κ3) is 8.74. The molecule has 0 amide bonds. The van der Waals surface area contributed by atoms with Gasteiger partial charge in [0.2, 0.25) is 0 Å². The number of benzene rings is 7. The molecule has 0 aliphatic carbocycles. The average molecular weight is 1070 g/mol. The van der Waals surface area contributed by atoms with Gasteiger partial charge in [-0.1, -0.05) is 184 Å². The quantitative estimate of drug-likeness (QED) is 0.112. The minimum Gasteiger partial charge on any atom is -0.510 e. The fourth-order valence-electron chi connectivity index (χ4n) is 8.90. The van der Waals surface area contributed by atoms with Crippen molar-refractivity contribution in [3.05, 3.63) is 199 Å². The van der Waals surface area contributed by atoms with E-state index in [1.54, 1.807) is 16.8 Å². The van der Waals surface area contributed by atoms with Crippen molar-refractivity contribution in [1.29, 1.82) is 0 Å². The molecule has 1 unspecified atom stereocenters. The molecule has 0 aliphatic heterocycles. The molecule has 7 aromatic carbocycles. The molecule has 0 bridgehead atoms. The van der Waals surface area contributed by atoms with E-state index in [0.717, 1.165) is 44.5 Å². The fourth-order valence-corrected chi connectivity index (χ4v) is 8.90. The molecule has 0 saturated heterocycles. The van der Waals surface area contributed by atoms with Crippen LogP contribution in [0.3, 0.4) is 0 Å². The molecule has 0 aliphatic rings. The van der Waals surface area contributed by atoms with Crippen LogP contribution in [-0.4, -0.2) is 14.1 Å². The van der Waals surface area contributed by atoms with Crippen LogP contribution in [0.15, 0.2) is 164 Å². The molecule has 3 heterocycles. The van der Waals surface area contributed by atoms with Crippen LogP contribution in [0.1, 0.15) is 97.3 Å². The predicted molar refractivity (Wildman–Crippen MR) is 276 cm³/mol. The Balaban J connectivity index is 0.00000640. The Bertz CT molecular complexity index is 3670. The maximum absolute atomic E-state index is 9.11. The van der Waals surface area contributed by atoms with Crippen molar-refractivity contribution in [3.63, 3.8) is 0 Å². The molecule has 0 radical (unpaired) electrons. The van der Waals surface area contributed by atoms with Crippen molar-refractivity contribution in [1.82, 2.24) is 14.1 Å². The summed E-state index contributed by atoms with van der Waals surface area (Å²) in [6.45, 7) is 22.4. The summed E-state index contributed by atoms with van der Waals surface area (Å²) in [6.07, 6.45) is 5.55. The first kappa shape index (κ1) is 41.6. The van der Waals surface area contributed by atoms with Crippen molar-refractivity contribution in [2.45, 2.75) is 86.0 Å². The summed E-state index contributed by atoms with van der Waals surface area (Å²) in [7, 11) is 0. The number of para-hydroxylation sites is 4. The van der Waals surface area contributed by atoms with Crippen molar-refractivity contribution in [2.75, 3.05) is 0 Å². The van der Waals surface area contributed by atoms with Crippen molar-refractivity contribution in [2.24, 2.45) is 5.41 Å². The molecular formula is C62H58N4OPt-2. The zero-order chi connectivity index (χ0) is 50.3. The molecular weight excluding hydrogens is 1010 g/mol. The van der Waals surface area contributed by atoms with Crippen LogP contribution < -0.4 is 9.30 Å². The number of ether oxygens (including phenoxy) is 1. The predicted octanol–water partition coefficient (Wildman–Crippen LogP) is 15.7. The molecule has 1 atom stereocenters. The Morgan fingerprint density at radius 1 is 0.632 bits per heavy atom. The fraction of sp³-hybridized carbons (Fsp3) is 0.226. The van der Waals surface area contributed by atoms with Gasteiger partial charge < -0.3 is 13.9 Å². The van der Waals surface area contributed by atoms with E-state index in [0.29, 0.717) is 44.8 Å². The first-order valence-corrected chi connectivity index (χ1v) is 23.1. The minimum atomic E-state index is -0.312. The molecule has 5 nitrogen and oxygen atoms in total. The molecule has 0 saturated carbocycles. The van der Waals surface area contributed by atoms with Gasteiger partial charge in [0, 0.05) is 44.3 Å². The van der Waals surface area contributed by atoms with E-state index in [1.807, 2.05) is 53.1 Å². The van der Waals surface area contributed by atoms with Gasteiger partial charge in [-0.3, -0.25) is 4.57 Å². The molecule has 10 aromatic rings. The Labute approximate surface area is 422 Å². The Hall–Kier alpha value is -6.55. The zero-order valence-electron chi connectivity index (χ0n) is 44.4. The van der Waals surface area contributed by atoms with Gasteiger partial charge >= 0.3 is 0 Å². The second kappa shape index (κ2) is 17.8. The summed E-state index contributed by atoms with van der Waals surface area (Å²) in [6, 6.07) is 52.1. The summed E-state index contributed by atoms with van der Waals surface area (Å²) in [4.78, 5) is 4.78. The van der Waals surface area contributed by atoms with Gasteiger partial charge in [-0.25, -0.2) is 4.98 Å². The van der Waals surface area contributed by atoms with Gasteiger partial charge in [0.1, 0.15) is 5.82 Å². The smallest absolute Gasteiger partial charge is 0.268 e. The van der Waals surface area contributed by atoms with E-state index in [2.05, 4.69) is 171 Å². The van der Waals surface area contributed by atoms with E-state index in [-0.39, 0.29) is 67.4 Å². The standard InChI is InChI=1S/C62H58N4O.Pt/c1-41(60(2,3)4)43-32-33-63-58(36-43)66-54-27-15-14-24-52(54)53-31-30-49(39-57(53)66)67-48-23-18-22-47(38-48)64-40-65(56-29-17-16-28-55(56)64)59-50(42-20-12-11-13-21-42)25-19-26-51(59)44-34-45(61(5,6)7)37-46(35-44)62(8,9)10;/h11-37,41H,1-10H3;/q-2;/i14D,15D,24D,27D;. The third-order valence-corrected chi connectivity index (χ3v) is 13.2. The number of fused-ring (bicyclic) bond motifs is 4. The number of hydrogen-bond acceptors (Lipinski definition) is 2. The van der Waals surface area contributed by atoms with E-state index in [4.69, 9.17) is 15.2 Å². The largest absolute Gasteiger partial charge is 0.510 e. The van der Waals surface area contributed by atoms with Gasteiger partial charge in [0.05, 0.1) is 22.2 Å². The molecule has 6 heteroatoms. The Morgan fingerprint density at radius 3 is 2.01 bits per heavy atom. The van der Waals surface area contributed by atoms with Crippen molar-refractivity contribution >= 4 is 32.8 Å². The second-order valence-corrected chi connectivity index (χ2v) is 20.8. The second-order valence-electron chi connectivity index (χ2n) is 20.8. The Kier molecular flexibility index (Phi) is 10.9. The van der Waals surface area contributed by atoms with E-state index in [9.17, 15) is 0 Å². The van der Waals surface area contributed by atoms with E-state index < -0.39 is 0 Å². The zero-order valence-corrected chi connectivity index (χ0v) is 42.6. The molecule has 344 valence electrons. The van der Waals surface area contributed by atoms with Gasteiger partial charge in [-0.15, -0.1) is 29.7 Å². The third-order valence-electron chi connectivity index (χ3n) is 13.2. The maximum atomic E-state index is 9.11. The van der Waals surface area contributed by atoms with Gasteiger partial charge in [-0.2, -0.15) is 18.2 Å². The van der Waals surface area contributed by atoms with E-state index in [1.165, 1.54) is 11.1 Å². The van der Waals surface area contributed by atoms with Gasteiger partial charge in [-0.05, 0) is 90.4 Å². The van der Waals surface area contributed by atoms with Gasteiger partial charge in [0.25, 0.3) is 6.33 Å². The topological polar surface area (TPSA) is 35.9 Å². The van der Waals surface area contributed by atoms with Crippen LogP contribution in [0.5, 0.6) is 11.5 Å². The first-order chi connectivity index (χ1) is 33.7. The summed E-state index contributed by atoms with van der Waals surface area (Å²) >= 11 is 0. The van der Waals surface area contributed by atoms with Gasteiger partial charge in [0.15, 0.2) is 0 Å². The summed E-state index contributed by atoms with van der Waals surface area (Å²) in [5.41, 5.74) is 12.3. The maximum Gasteiger partial charge on any atom is 0.268 e. The normalized spacial score (nSPS) is 13.5. The average Bonchev–Trinajstić information content (AvgIpc) is 3.90. The molecule has 0 spiro atoms. The summed E-state index contributed by atoms with van der Waals surface area (Å²) < 4.78 is 48.0. The molecule has 68 heavy (non-hydrogen) atoms. The first-order valence-electron chi connectivity index (χ1n) is 25.1. The van der Waals surface area contributed by atoms with Crippen molar-refractivity contribution < 1.29 is 35.9 Å². The van der Waals surface area contributed by atoms with Crippen LogP contribution in [0.4, 0.5) is 0 Å². The van der Waals surface area contributed by atoms with Crippen molar-refractivity contribution in [3.8, 4) is 50.9 Å². The number of nitrogens with zero attached hydrogens (tertiary/aromatic N) is 4. The summed E-state index contributed by atoms with van der Waals surface area (Å²) in [5, 5.41) is 1.01. The van der Waals surface area contributed by atoms with E-state index >= 15 is 0 Å². The molecule has 0 N–H and O–H groups in total. The van der Waals surface area contributed by atoms with Crippen LogP contribution in [-0.2, 0) is 31.9 Å². The number of rotatable bonds is 8. The van der Waals surface area contributed by atoms with Crippen LogP contribution in [0, 0.1) is 23.9 Å². The monoisotopic (exact) mass is 1070 g/mol. The van der Waals surface area contributed by atoms with Crippen LogP contribution >= 0.6 is 0 Å². The van der Waals surface area contributed by atoms with Crippen LogP contribution in [0.2, 0.25) is 0 Å². The molecule has 10 rings (SSSR count). The summed E-state index contributed by atoms with van der Waals surface area (Å²) in [5.74, 6) is 1.53.